The van der Waals surface area contributed by atoms with Crippen LogP contribution in [0.5, 0.6) is 0 Å². The Bertz CT molecular complexity index is 388. The second-order valence-electron chi connectivity index (χ2n) is 3.32. The van der Waals surface area contributed by atoms with Gasteiger partial charge in [0.1, 0.15) is 0 Å². The number of hydrogen-bond acceptors (Lipinski definition) is 4. The van der Waals surface area contributed by atoms with Crippen molar-refractivity contribution in [3.05, 3.63) is 35.9 Å². The lowest BCUT2D eigenvalue weighted by molar-refractivity contribution is -0.181. The summed E-state index contributed by atoms with van der Waals surface area (Å²) in [6.07, 6.45) is -3.75. The summed E-state index contributed by atoms with van der Waals surface area (Å²) in [5, 5.41) is 26.8. The molecular formula is C11H12O6. The second-order valence-corrected chi connectivity index (χ2v) is 3.32. The highest BCUT2D eigenvalue weighted by Gasteiger charge is 2.25. The van der Waals surface area contributed by atoms with Crippen molar-refractivity contribution in [3.63, 3.8) is 0 Å². The van der Waals surface area contributed by atoms with Crippen LogP contribution in [-0.2, 0) is 14.3 Å². The van der Waals surface area contributed by atoms with E-state index in [1.807, 2.05) is 0 Å². The van der Waals surface area contributed by atoms with E-state index in [9.17, 15) is 14.7 Å². The van der Waals surface area contributed by atoms with Gasteiger partial charge < -0.3 is 20.1 Å². The minimum atomic E-state index is -1.58. The Kier molecular flexibility index (Phi) is 4.62. The van der Waals surface area contributed by atoms with Crippen LogP contribution < -0.4 is 0 Å². The number of aliphatic hydroxyl groups excluding tert-OH is 1. The number of carboxylic acids is 2. The molecule has 0 bridgehead atoms. The fourth-order valence-electron chi connectivity index (χ4n) is 1.20. The maximum atomic E-state index is 10.7. The monoisotopic (exact) mass is 240 g/mol. The lowest BCUT2D eigenvalue weighted by Gasteiger charge is -2.17. The normalized spacial score (nSPS) is 13.9. The highest BCUT2D eigenvalue weighted by molar-refractivity contribution is 5.79. The molecule has 0 radical (unpaired) electrons. The van der Waals surface area contributed by atoms with Crippen LogP contribution in [-0.4, -0.2) is 33.4 Å². The Balaban J connectivity index is 2.67. The Morgan fingerprint density at radius 1 is 1.18 bits per heavy atom. The molecule has 6 heteroatoms. The maximum absolute atomic E-state index is 10.7. The fourth-order valence-corrected chi connectivity index (χ4v) is 1.20. The molecule has 17 heavy (non-hydrogen) atoms. The van der Waals surface area contributed by atoms with E-state index in [0.717, 1.165) is 0 Å². The topological polar surface area (TPSA) is 104 Å². The third-order valence-electron chi connectivity index (χ3n) is 2.01. The molecule has 0 aliphatic rings. The lowest BCUT2D eigenvalue weighted by atomic mass is 10.2. The molecule has 0 aliphatic carbocycles. The van der Waals surface area contributed by atoms with E-state index in [0.29, 0.717) is 5.56 Å². The van der Waals surface area contributed by atoms with Crippen molar-refractivity contribution in [2.45, 2.75) is 18.8 Å². The molecule has 0 aromatic heterocycles. The SMILES string of the molecule is O=C(O)C[C@@H](OC(O)c1ccccc1)C(=O)O. The minimum absolute atomic E-state index is 0.365. The van der Waals surface area contributed by atoms with Crippen LogP contribution in [0.2, 0.25) is 0 Å². The van der Waals surface area contributed by atoms with Crippen LogP contribution >= 0.6 is 0 Å². The van der Waals surface area contributed by atoms with Gasteiger partial charge in [0.15, 0.2) is 12.4 Å². The smallest absolute Gasteiger partial charge is 0.333 e. The van der Waals surface area contributed by atoms with E-state index in [-0.39, 0.29) is 0 Å². The number of carbonyl (C=O) groups is 2. The van der Waals surface area contributed by atoms with E-state index in [1.54, 1.807) is 30.3 Å². The summed E-state index contributed by atoms with van der Waals surface area (Å²) in [5.41, 5.74) is 0.365. The molecule has 1 aromatic rings. The average Bonchev–Trinajstić information content (AvgIpc) is 2.28. The zero-order valence-electron chi connectivity index (χ0n) is 8.81. The summed E-state index contributed by atoms with van der Waals surface area (Å²) in [6, 6.07) is 8.11. The van der Waals surface area contributed by atoms with Crippen molar-refractivity contribution in [2.75, 3.05) is 0 Å². The number of aliphatic carboxylic acids is 2. The quantitative estimate of drug-likeness (QED) is 0.630. The van der Waals surface area contributed by atoms with Gasteiger partial charge in [-0.3, -0.25) is 4.79 Å². The molecule has 1 aromatic carbocycles. The number of aliphatic hydroxyl groups is 1. The van der Waals surface area contributed by atoms with Crippen LogP contribution in [0.3, 0.4) is 0 Å². The van der Waals surface area contributed by atoms with Gasteiger partial charge in [-0.05, 0) is 0 Å². The van der Waals surface area contributed by atoms with Crippen LogP contribution in [0, 0.1) is 0 Å². The van der Waals surface area contributed by atoms with Gasteiger partial charge in [-0.15, -0.1) is 0 Å². The zero-order valence-corrected chi connectivity index (χ0v) is 8.81. The molecule has 0 amide bonds. The Labute approximate surface area is 97.1 Å². The number of ether oxygens (including phenoxy) is 1. The first-order valence-corrected chi connectivity index (χ1v) is 4.83. The van der Waals surface area contributed by atoms with Crippen LogP contribution in [0.4, 0.5) is 0 Å². The molecule has 0 saturated carbocycles. The number of rotatable bonds is 6. The van der Waals surface area contributed by atoms with E-state index in [1.165, 1.54) is 0 Å². The third kappa shape index (κ3) is 4.21. The lowest BCUT2D eigenvalue weighted by Crippen LogP contribution is -2.28. The van der Waals surface area contributed by atoms with Gasteiger partial charge in [0.05, 0.1) is 6.42 Å². The maximum Gasteiger partial charge on any atom is 0.333 e. The molecule has 3 N–H and O–H groups in total. The van der Waals surface area contributed by atoms with Crippen molar-refractivity contribution in [1.29, 1.82) is 0 Å². The molecule has 6 nitrogen and oxygen atoms in total. The van der Waals surface area contributed by atoms with E-state index in [4.69, 9.17) is 14.9 Å². The predicted molar refractivity (Wildman–Crippen MR) is 56.2 cm³/mol. The zero-order chi connectivity index (χ0) is 12.8. The summed E-state index contributed by atoms with van der Waals surface area (Å²) in [4.78, 5) is 21.1. The first-order chi connectivity index (χ1) is 8.00. The summed E-state index contributed by atoms with van der Waals surface area (Å²) < 4.78 is 4.78. The number of hydrogen-bond donors (Lipinski definition) is 3. The standard InChI is InChI=1S/C11H12O6/c12-9(13)6-8(10(14)15)17-11(16)7-4-2-1-3-5-7/h1-5,8,11,16H,6H2,(H,12,13)(H,14,15)/t8-,11?/m1/s1. The fraction of sp³-hybridized carbons (Fsp3) is 0.273. The summed E-state index contributed by atoms with van der Waals surface area (Å²) >= 11 is 0. The molecule has 0 fully saturated rings. The van der Waals surface area contributed by atoms with Gasteiger partial charge in [-0.1, -0.05) is 30.3 Å². The average molecular weight is 240 g/mol. The molecule has 0 spiro atoms. The van der Waals surface area contributed by atoms with Crippen molar-refractivity contribution in [2.24, 2.45) is 0 Å². The van der Waals surface area contributed by atoms with Gasteiger partial charge in [-0.25, -0.2) is 4.79 Å². The van der Waals surface area contributed by atoms with Gasteiger partial charge >= 0.3 is 11.9 Å². The molecule has 0 saturated heterocycles. The first-order valence-electron chi connectivity index (χ1n) is 4.83. The first kappa shape index (κ1) is 13.1. The van der Waals surface area contributed by atoms with Crippen molar-refractivity contribution in [1.82, 2.24) is 0 Å². The van der Waals surface area contributed by atoms with Gasteiger partial charge in [0, 0.05) is 5.56 Å². The summed E-state index contributed by atoms with van der Waals surface area (Å²) in [7, 11) is 0. The highest BCUT2D eigenvalue weighted by atomic mass is 16.6. The van der Waals surface area contributed by atoms with Crippen LogP contribution in [0.15, 0.2) is 30.3 Å². The molecular weight excluding hydrogens is 228 g/mol. The highest BCUT2D eigenvalue weighted by Crippen LogP contribution is 2.17. The minimum Gasteiger partial charge on any atom is -0.481 e. The Morgan fingerprint density at radius 2 is 1.76 bits per heavy atom. The number of carboxylic acid groups (broad SMARTS) is 2. The van der Waals surface area contributed by atoms with E-state index >= 15 is 0 Å². The van der Waals surface area contributed by atoms with Crippen molar-refractivity contribution < 1.29 is 29.6 Å². The van der Waals surface area contributed by atoms with Gasteiger partial charge in [-0.2, -0.15) is 0 Å². The van der Waals surface area contributed by atoms with E-state index in [2.05, 4.69) is 0 Å². The number of benzene rings is 1. The van der Waals surface area contributed by atoms with Crippen LogP contribution in [0.1, 0.15) is 18.3 Å². The largest absolute Gasteiger partial charge is 0.481 e. The molecule has 0 aliphatic heterocycles. The van der Waals surface area contributed by atoms with E-state index < -0.39 is 30.8 Å². The van der Waals surface area contributed by atoms with Crippen LogP contribution in [0.25, 0.3) is 0 Å². The summed E-state index contributed by atoms with van der Waals surface area (Å²) in [6.45, 7) is 0. The predicted octanol–water partition coefficient (Wildman–Crippen LogP) is 0.622. The van der Waals surface area contributed by atoms with Crippen molar-refractivity contribution in [3.8, 4) is 0 Å². The van der Waals surface area contributed by atoms with Gasteiger partial charge in [0.25, 0.3) is 0 Å². The molecule has 92 valence electrons. The molecule has 2 atom stereocenters. The second kappa shape index (κ2) is 5.97. The van der Waals surface area contributed by atoms with Crippen molar-refractivity contribution >= 4 is 11.9 Å². The Morgan fingerprint density at radius 3 is 2.24 bits per heavy atom. The van der Waals surface area contributed by atoms with Gasteiger partial charge in [0.2, 0.25) is 0 Å². The Hall–Kier alpha value is -1.92. The molecule has 1 unspecified atom stereocenters. The molecule has 1 rings (SSSR count). The third-order valence-corrected chi connectivity index (χ3v) is 2.01. The summed E-state index contributed by atoms with van der Waals surface area (Å²) in [5.74, 6) is -2.74. The molecule has 0 heterocycles.